The Hall–Kier alpha value is -3.67. The highest BCUT2D eigenvalue weighted by atomic mass is 16.6. The standard InChI is InChI=1S/C74H128O6/c1-4-7-10-13-16-19-22-25-28-30-32-34-36-37-38-40-41-43-46-49-52-55-58-61-64-67-73(76)79-70-71(69-78-72(75)66-63-60-57-54-51-48-45-27-24-21-18-15-12-9-6-3)80-74(77)68-65-62-59-56-53-50-47-44-42-39-35-33-31-29-26-23-20-17-14-11-8-5-2/h7,10,16,19,25,27-28,32,34,37-38,41,43,45,49,52,71H,4-6,8-9,11-15,17-18,20-24,26,29-31,33,35-36,39-40,42,44,46-48,50-51,53-70H2,1-3H3/b10-7-,19-16-,28-25-,34-32-,38-37-,43-41-,45-27-,52-49-. The summed E-state index contributed by atoms with van der Waals surface area (Å²) in [6.45, 7) is 6.53. The molecule has 0 fully saturated rings. The van der Waals surface area contributed by atoms with Crippen molar-refractivity contribution < 1.29 is 28.6 Å². The summed E-state index contributed by atoms with van der Waals surface area (Å²) in [5.41, 5.74) is 0. The van der Waals surface area contributed by atoms with Crippen LogP contribution in [0.5, 0.6) is 0 Å². The van der Waals surface area contributed by atoms with Crippen LogP contribution in [0.1, 0.15) is 335 Å². The fourth-order valence-corrected chi connectivity index (χ4v) is 9.71. The van der Waals surface area contributed by atoms with E-state index in [2.05, 4.69) is 118 Å². The molecule has 0 aromatic rings. The number of unbranched alkanes of at least 4 members (excludes halogenated alkanes) is 35. The van der Waals surface area contributed by atoms with Crippen molar-refractivity contribution in [2.75, 3.05) is 13.2 Å². The molecule has 0 spiro atoms. The molecule has 1 unspecified atom stereocenters. The van der Waals surface area contributed by atoms with Gasteiger partial charge in [0.05, 0.1) is 0 Å². The van der Waals surface area contributed by atoms with Crippen molar-refractivity contribution in [1.82, 2.24) is 0 Å². The number of allylic oxidation sites excluding steroid dienone is 16. The molecule has 0 rings (SSSR count). The number of carbonyl (C=O) groups excluding carboxylic acids is 3. The molecule has 80 heavy (non-hydrogen) atoms. The third kappa shape index (κ3) is 65.1. The van der Waals surface area contributed by atoms with Crippen LogP contribution in [-0.2, 0) is 28.6 Å². The maximum atomic E-state index is 12.9. The lowest BCUT2D eigenvalue weighted by atomic mass is 10.0. The van der Waals surface area contributed by atoms with Gasteiger partial charge in [0.1, 0.15) is 13.2 Å². The summed E-state index contributed by atoms with van der Waals surface area (Å²) >= 11 is 0. The summed E-state index contributed by atoms with van der Waals surface area (Å²) in [5, 5.41) is 0. The monoisotopic (exact) mass is 1110 g/mol. The second-order valence-corrected chi connectivity index (χ2v) is 22.7. The second-order valence-electron chi connectivity index (χ2n) is 22.7. The van der Waals surface area contributed by atoms with Gasteiger partial charge in [-0.15, -0.1) is 0 Å². The number of carbonyl (C=O) groups is 3. The molecule has 0 aliphatic rings. The average Bonchev–Trinajstić information content (AvgIpc) is 3.46. The molecule has 0 aromatic heterocycles. The Bertz CT molecular complexity index is 1560. The van der Waals surface area contributed by atoms with Crippen LogP contribution in [0.15, 0.2) is 97.2 Å². The van der Waals surface area contributed by atoms with E-state index in [0.717, 1.165) is 116 Å². The predicted octanol–water partition coefficient (Wildman–Crippen LogP) is 23.6. The predicted molar refractivity (Wildman–Crippen MR) is 348 cm³/mol. The van der Waals surface area contributed by atoms with Gasteiger partial charge in [-0.2, -0.15) is 0 Å². The summed E-state index contributed by atoms with van der Waals surface area (Å²) in [7, 11) is 0. The van der Waals surface area contributed by atoms with E-state index in [1.165, 1.54) is 180 Å². The van der Waals surface area contributed by atoms with E-state index in [1.807, 2.05) is 0 Å². The van der Waals surface area contributed by atoms with Crippen LogP contribution in [0.3, 0.4) is 0 Å². The summed E-state index contributed by atoms with van der Waals surface area (Å²) in [6, 6.07) is 0. The summed E-state index contributed by atoms with van der Waals surface area (Å²) < 4.78 is 16.9. The number of ether oxygens (including phenoxy) is 3. The average molecular weight is 1110 g/mol. The Morgan fingerprint density at radius 2 is 0.487 bits per heavy atom. The van der Waals surface area contributed by atoms with E-state index in [9.17, 15) is 14.4 Å². The van der Waals surface area contributed by atoms with Gasteiger partial charge < -0.3 is 14.2 Å². The van der Waals surface area contributed by atoms with Crippen molar-refractivity contribution in [3.8, 4) is 0 Å². The maximum absolute atomic E-state index is 12.9. The van der Waals surface area contributed by atoms with Gasteiger partial charge in [-0.25, -0.2) is 0 Å². The molecule has 0 saturated heterocycles. The Balaban J connectivity index is 4.41. The van der Waals surface area contributed by atoms with Crippen LogP contribution in [0.2, 0.25) is 0 Å². The van der Waals surface area contributed by atoms with Gasteiger partial charge in [0.2, 0.25) is 0 Å². The van der Waals surface area contributed by atoms with Crippen LogP contribution in [0.4, 0.5) is 0 Å². The topological polar surface area (TPSA) is 78.9 Å². The van der Waals surface area contributed by atoms with Crippen molar-refractivity contribution in [3.63, 3.8) is 0 Å². The highest BCUT2D eigenvalue weighted by Gasteiger charge is 2.19. The van der Waals surface area contributed by atoms with Gasteiger partial charge in [0, 0.05) is 19.3 Å². The Morgan fingerprint density at radius 3 is 0.787 bits per heavy atom. The Morgan fingerprint density at radius 1 is 0.263 bits per heavy atom. The zero-order valence-corrected chi connectivity index (χ0v) is 52.8. The molecule has 0 aromatic carbocycles. The highest BCUT2D eigenvalue weighted by molar-refractivity contribution is 5.71. The summed E-state index contributed by atoms with van der Waals surface area (Å²) in [4.78, 5) is 38.4. The van der Waals surface area contributed by atoms with E-state index in [-0.39, 0.29) is 31.1 Å². The van der Waals surface area contributed by atoms with Crippen LogP contribution < -0.4 is 0 Å². The zero-order valence-electron chi connectivity index (χ0n) is 52.8. The molecule has 0 heterocycles. The zero-order chi connectivity index (χ0) is 57.8. The molecule has 0 bridgehead atoms. The van der Waals surface area contributed by atoms with E-state index >= 15 is 0 Å². The van der Waals surface area contributed by atoms with Crippen LogP contribution in [-0.4, -0.2) is 37.2 Å². The van der Waals surface area contributed by atoms with Crippen molar-refractivity contribution in [2.24, 2.45) is 0 Å². The first-order chi connectivity index (χ1) is 39.5. The molecular formula is C74H128O6. The molecule has 0 radical (unpaired) electrons. The van der Waals surface area contributed by atoms with Crippen molar-refractivity contribution >= 4 is 17.9 Å². The smallest absolute Gasteiger partial charge is 0.306 e. The van der Waals surface area contributed by atoms with Crippen molar-refractivity contribution in [3.05, 3.63) is 97.2 Å². The number of esters is 3. The first-order valence-corrected chi connectivity index (χ1v) is 34.2. The maximum Gasteiger partial charge on any atom is 0.306 e. The molecule has 1 atom stereocenters. The van der Waals surface area contributed by atoms with Crippen molar-refractivity contribution in [2.45, 2.75) is 341 Å². The Labute approximate surface area is 496 Å². The van der Waals surface area contributed by atoms with E-state index in [4.69, 9.17) is 14.2 Å². The third-order valence-corrected chi connectivity index (χ3v) is 14.8. The lowest BCUT2D eigenvalue weighted by molar-refractivity contribution is -0.167. The van der Waals surface area contributed by atoms with E-state index in [1.54, 1.807) is 0 Å². The number of rotatable bonds is 62. The largest absolute Gasteiger partial charge is 0.462 e. The van der Waals surface area contributed by atoms with Crippen LogP contribution in [0, 0.1) is 0 Å². The summed E-state index contributed by atoms with van der Waals surface area (Å²) in [5.74, 6) is -0.916. The summed E-state index contributed by atoms with van der Waals surface area (Å²) in [6.07, 6.45) is 91.4. The molecule has 0 saturated carbocycles. The minimum atomic E-state index is -0.796. The van der Waals surface area contributed by atoms with E-state index in [0.29, 0.717) is 19.3 Å². The van der Waals surface area contributed by atoms with Gasteiger partial charge in [0.15, 0.2) is 6.10 Å². The minimum Gasteiger partial charge on any atom is -0.462 e. The molecular weight excluding hydrogens is 985 g/mol. The van der Waals surface area contributed by atoms with Crippen LogP contribution >= 0.6 is 0 Å². The second kappa shape index (κ2) is 67.8. The first-order valence-electron chi connectivity index (χ1n) is 34.2. The van der Waals surface area contributed by atoms with Gasteiger partial charge in [-0.3, -0.25) is 14.4 Å². The van der Waals surface area contributed by atoms with E-state index < -0.39 is 6.10 Å². The van der Waals surface area contributed by atoms with Crippen LogP contribution in [0.25, 0.3) is 0 Å². The van der Waals surface area contributed by atoms with Gasteiger partial charge in [-0.1, -0.05) is 311 Å². The first kappa shape index (κ1) is 76.3. The lowest BCUT2D eigenvalue weighted by Gasteiger charge is -2.18. The normalized spacial score (nSPS) is 12.7. The molecule has 460 valence electrons. The lowest BCUT2D eigenvalue weighted by Crippen LogP contribution is -2.30. The molecule has 0 amide bonds. The third-order valence-electron chi connectivity index (χ3n) is 14.8. The SMILES string of the molecule is CC/C=C\C/C=C\C/C=C\C/C=C\C/C=C\C/C=C\C/C=C\CCCCCC(=O)OCC(COC(=O)CCCCCCC/C=C\CCCCCCCC)OC(=O)CCCCCCCCCCCCCCCCCCCCCCCC. The van der Waals surface area contributed by atoms with Crippen molar-refractivity contribution in [1.29, 1.82) is 0 Å². The number of hydrogen-bond donors (Lipinski definition) is 0. The number of hydrogen-bond acceptors (Lipinski definition) is 6. The fraction of sp³-hybridized carbons (Fsp3) is 0.743. The molecule has 6 nitrogen and oxygen atoms in total. The minimum absolute atomic E-state index is 0.0901. The molecule has 0 aliphatic heterocycles. The van der Waals surface area contributed by atoms with Gasteiger partial charge >= 0.3 is 17.9 Å². The van der Waals surface area contributed by atoms with Gasteiger partial charge in [-0.05, 0) is 103 Å². The quantitative estimate of drug-likeness (QED) is 0.0261. The van der Waals surface area contributed by atoms with Gasteiger partial charge in [0.25, 0.3) is 0 Å². The molecule has 0 N–H and O–H groups in total. The molecule has 6 heteroatoms. The fourth-order valence-electron chi connectivity index (χ4n) is 9.71. The Kier molecular flexibility index (Phi) is 64.7. The molecule has 0 aliphatic carbocycles. The highest BCUT2D eigenvalue weighted by Crippen LogP contribution is 2.17.